The Morgan fingerprint density at radius 1 is 1.41 bits per heavy atom. The highest BCUT2D eigenvalue weighted by atomic mass is 32.1. The Bertz CT molecular complexity index is 490. The standard InChI is InChI=1S/C12H13NO2S2/c1-8-5-17-7-10(8)12(15)13-4-11(14)9-2-3-16-6-9/h2-3,5-7,11,14H,4H2,1H3,(H,13,15). The predicted molar refractivity (Wildman–Crippen MR) is 70.7 cm³/mol. The van der Waals surface area contributed by atoms with Crippen molar-refractivity contribution in [2.75, 3.05) is 6.54 Å². The maximum Gasteiger partial charge on any atom is 0.252 e. The second kappa shape index (κ2) is 5.44. The third kappa shape index (κ3) is 2.94. The number of hydrogen-bond acceptors (Lipinski definition) is 4. The van der Waals surface area contributed by atoms with Crippen molar-refractivity contribution >= 4 is 28.6 Å². The average molecular weight is 267 g/mol. The molecule has 1 atom stereocenters. The highest BCUT2D eigenvalue weighted by Crippen LogP contribution is 2.16. The number of nitrogens with one attached hydrogen (secondary N) is 1. The number of amides is 1. The fraction of sp³-hybridized carbons (Fsp3) is 0.250. The summed E-state index contributed by atoms with van der Waals surface area (Å²) in [6.45, 7) is 2.14. The first-order valence-corrected chi connectivity index (χ1v) is 7.08. The van der Waals surface area contributed by atoms with Gasteiger partial charge in [0.2, 0.25) is 0 Å². The first-order chi connectivity index (χ1) is 8.18. The van der Waals surface area contributed by atoms with Gasteiger partial charge in [-0.15, -0.1) is 0 Å². The molecule has 2 heterocycles. The predicted octanol–water partition coefficient (Wildman–Crippen LogP) is 2.58. The van der Waals surface area contributed by atoms with Gasteiger partial charge in [-0.2, -0.15) is 22.7 Å². The van der Waals surface area contributed by atoms with Gasteiger partial charge in [-0.05, 0) is 40.3 Å². The van der Waals surface area contributed by atoms with Crippen molar-refractivity contribution in [2.45, 2.75) is 13.0 Å². The molecule has 0 aliphatic heterocycles. The molecule has 0 saturated heterocycles. The Hall–Kier alpha value is -1.17. The van der Waals surface area contributed by atoms with E-state index in [0.717, 1.165) is 11.1 Å². The number of thiophene rings is 2. The van der Waals surface area contributed by atoms with Crippen LogP contribution in [0.15, 0.2) is 27.6 Å². The number of carbonyl (C=O) groups excluding carboxylic acids is 1. The molecule has 90 valence electrons. The molecule has 0 saturated carbocycles. The van der Waals surface area contributed by atoms with E-state index in [-0.39, 0.29) is 12.5 Å². The van der Waals surface area contributed by atoms with Crippen molar-refractivity contribution in [3.8, 4) is 0 Å². The molecule has 3 nitrogen and oxygen atoms in total. The molecule has 0 bridgehead atoms. The minimum atomic E-state index is -0.635. The van der Waals surface area contributed by atoms with Crippen molar-refractivity contribution in [3.05, 3.63) is 44.3 Å². The molecule has 0 spiro atoms. The van der Waals surface area contributed by atoms with Gasteiger partial charge in [-0.25, -0.2) is 0 Å². The van der Waals surface area contributed by atoms with Gasteiger partial charge in [0.1, 0.15) is 0 Å². The summed E-state index contributed by atoms with van der Waals surface area (Å²) in [6.07, 6.45) is -0.635. The van der Waals surface area contributed by atoms with Gasteiger partial charge in [-0.3, -0.25) is 4.79 Å². The van der Waals surface area contributed by atoms with Crippen LogP contribution in [0.1, 0.15) is 27.6 Å². The van der Waals surface area contributed by atoms with Gasteiger partial charge < -0.3 is 10.4 Å². The van der Waals surface area contributed by atoms with Crippen LogP contribution >= 0.6 is 22.7 Å². The van der Waals surface area contributed by atoms with Crippen LogP contribution in [0.25, 0.3) is 0 Å². The number of aryl methyl sites for hydroxylation is 1. The molecule has 0 aromatic carbocycles. The minimum absolute atomic E-state index is 0.127. The number of rotatable bonds is 4. The zero-order valence-electron chi connectivity index (χ0n) is 9.34. The molecule has 2 rings (SSSR count). The lowest BCUT2D eigenvalue weighted by Crippen LogP contribution is -2.28. The lowest BCUT2D eigenvalue weighted by Gasteiger charge is -2.10. The Balaban J connectivity index is 1.91. The van der Waals surface area contributed by atoms with Gasteiger partial charge in [0.25, 0.3) is 5.91 Å². The Labute approximate surface area is 108 Å². The van der Waals surface area contributed by atoms with Crippen LogP contribution in [-0.2, 0) is 0 Å². The Kier molecular flexibility index (Phi) is 3.93. The molecular formula is C12H13NO2S2. The maximum absolute atomic E-state index is 11.8. The average Bonchev–Trinajstić information content (AvgIpc) is 2.95. The largest absolute Gasteiger partial charge is 0.387 e. The van der Waals surface area contributed by atoms with Crippen LogP contribution < -0.4 is 5.32 Å². The van der Waals surface area contributed by atoms with E-state index >= 15 is 0 Å². The second-order valence-electron chi connectivity index (χ2n) is 3.75. The minimum Gasteiger partial charge on any atom is -0.387 e. The first-order valence-electron chi connectivity index (χ1n) is 5.19. The normalized spacial score (nSPS) is 12.4. The van der Waals surface area contributed by atoms with Crippen LogP contribution in [0.5, 0.6) is 0 Å². The summed E-state index contributed by atoms with van der Waals surface area (Å²) in [5.41, 5.74) is 2.50. The number of carbonyl (C=O) groups is 1. The van der Waals surface area contributed by atoms with Crippen molar-refractivity contribution in [1.29, 1.82) is 0 Å². The Morgan fingerprint density at radius 3 is 2.82 bits per heavy atom. The van der Waals surface area contributed by atoms with E-state index in [1.807, 2.05) is 34.5 Å². The third-order valence-electron chi connectivity index (χ3n) is 2.48. The van der Waals surface area contributed by atoms with Gasteiger partial charge in [-0.1, -0.05) is 0 Å². The van der Waals surface area contributed by atoms with Crippen LogP contribution in [0, 0.1) is 6.92 Å². The lowest BCUT2D eigenvalue weighted by molar-refractivity contribution is 0.0916. The summed E-state index contributed by atoms with van der Waals surface area (Å²) < 4.78 is 0. The number of aliphatic hydroxyl groups is 1. The highest BCUT2D eigenvalue weighted by Gasteiger charge is 2.12. The van der Waals surface area contributed by atoms with Crippen LogP contribution in [0.3, 0.4) is 0 Å². The van der Waals surface area contributed by atoms with Gasteiger partial charge in [0.15, 0.2) is 0 Å². The molecule has 0 fully saturated rings. The van der Waals surface area contributed by atoms with Crippen molar-refractivity contribution in [1.82, 2.24) is 5.32 Å². The molecule has 0 aliphatic carbocycles. The van der Waals surface area contributed by atoms with E-state index in [2.05, 4.69) is 5.32 Å². The SMILES string of the molecule is Cc1cscc1C(=O)NCC(O)c1ccsc1. The number of aliphatic hydroxyl groups excluding tert-OH is 1. The van der Waals surface area contributed by atoms with Crippen molar-refractivity contribution in [2.24, 2.45) is 0 Å². The second-order valence-corrected chi connectivity index (χ2v) is 5.27. The summed E-state index contributed by atoms with van der Waals surface area (Å²) in [5, 5.41) is 20.1. The van der Waals surface area contributed by atoms with E-state index in [0.29, 0.717) is 5.56 Å². The van der Waals surface area contributed by atoms with Crippen molar-refractivity contribution < 1.29 is 9.90 Å². The molecule has 1 amide bonds. The Morgan fingerprint density at radius 2 is 2.24 bits per heavy atom. The zero-order valence-corrected chi connectivity index (χ0v) is 11.0. The monoisotopic (exact) mass is 267 g/mol. The summed E-state index contributed by atoms with van der Waals surface area (Å²) in [4.78, 5) is 11.8. The lowest BCUT2D eigenvalue weighted by atomic mass is 10.2. The third-order valence-corrected chi connectivity index (χ3v) is 4.05. The molecule has 0 radical (unpaired) electrons. The van der Waals surface area contributed by atoms with E-state index in [4.69, 9.17) is 0 Å². The van der Waals surface area contributed by atoms with E-state index < -0.39 is 6.10 Å². The van der Waals surface area contributed by atoms with Crippen molar-refractivity contribution in [3.63, 3.8) is 0 Å². The molecule has 17 heavy (non-hydrogen) atoms. The quantitative estimate of drug-likeness (QED) is 0.894. The van der Waals surface area contributed by atoms with Crippen LogP contribution in [0.4, 0.5) is 0 Å². The molecule has 2 aromatic heterocycles. The van der Waals surface area contributed by atoms with Gasteiger partial charge >= 0.3 is 0 Å². The molecule has 2 N–H and O–H groups in total. The summed E-state index contributed by atoms with van der Waals surface area (Å²) in [6, 6.07) is 1.86. The van der Waals surface area contributed by atoms with E-state index in [1.165, 1.54) is 22.7 Å². The molecule has 1 unspecified atom stereocenters. The summed E-state index contributed by atoms with van der Waals surface area (Å²) >= 11 is 3.04. The van der Waals surface area contributed by atoms with E-state index in [1.54, 1.807) is 0 Å². The zero-order chi connectivity index (χ0) is 12.3. The first kappa shape index (κ1) is 12.3. The molecule has 0 aliphatic rings. The number of hydrogen-bond donors (Lipinski definition) is 2. The summed E-state index contributed by atoms with van der Waals surface area (Å²) in [5.74, 6) is -0.127. The van der Waals surface area contributed by atoms with Crippen LogP contribution in [0.2, 0.25) is 0 Å². The molecule has 5 heteroatoms. The topological polar surface area (TPSA) is 49.3 Å². The van der Waals surface area contributed by atoms with Gasteiger partial charge in [0.05, 0.1) is 11.7 Å². The smallest absolute Gasteiger partial charge is 0.252 e. The molecule has 2 aromatic rings. The highest BCUT2D eigenvalue weighted by molar-refractivity contribution is 7.08. The molecular weight excluding hydrogens is 254 g/mol. The van der Waals surface area contributed by atoms with Crippen LogP contribution in [-0.4, -0.2) is 17.6 Å². The fourth-order valence-electron chi connectivity index (χ4n) is 1.46. The van der Waals surface area contributed by atoms with Gasteiger partial charge in [0, 0.05) is 11.9 Å². The fourth-order valence-corrected chi connectivity index (χ4v) is 3.00. The van der Waals surface area contributed by atoms with E-state index in [9.17, 15) is 9.90 Å². The summed E-state index contributed by atoms with van der Waals surface area (Å²) in [7, 11) is 0. The maximum atomic E-state index is 11.8.